The summed E-state index contributed by atoms with van der Waals surface area (Å²) in [4.78, 5) is 37.4. The monoisotopic (exact) mass is 315 g/mol. The maximum absolute atomic E-state index is 12.4. The molecule has 6 nitrogen and oxygen atoms in total. The number of nitrogens with zero attached hydrogens (tertiary/aromatic N) is 1. The van der Waals surface area contributed by atoms with E-state index in [1.165, 1.54) is 0 Å². The molecule has 0 bridgehead atoms. The van der Waals surface area contributed by atoms with Gasteiger partial charge in [-0.05, 0) is 18.4 Å². The Bertz CT molecular complexity index is 596. The van der Waals surface area contributed by atoms with Crippen LogP contribution in [-0.2, 0) is 16.0 Å². The van der Waals surface area contributed by atoms with Gasteiger partial charge < -0.3 is 10.6 Å². The van der Waals surface area contributed by atoms with Crippen LogP contribution in [0.15, 0.2) is 30.3 Å². The molecule has 0 unspecified atom stereocenters. The van der Waals surface area contributed by atoms with E-state index in [-0.39, 0.29) is 24.4 Å². The molecule has 2 N–H and O–H groups in total. The number of nitrogens with one attached hydrogen (secondary N) is 2. The quantitative estimate of drug-likeness (QED) is 0.802. The van der Waals surface area contributed by atoms with Gasteiger partial charge in [0.25, 0.3) is 5.91 Å². The Hall–Kier alpha value is -2.37. The molecule has 122 valence electrons. The number of carbonyl (C=O) groups is 3. The van der Waals surface area contributed by atoms with Gasteiger partial charge in [-0.1, -0.05) is 43.2 Å². The molecule has 2 fully saturated rings. The molecule has 1 aliphatic heterocycles. The van der Waals surface area contributed by atoms with Crippen LogP contribution in [0.4, 0.5) is 4.79 Å². The highest BCUT2D eigenvalue weighted by molar-refractivity contribution is 6.06. The Morgan fingerprint density at radius 1 is 1.17 bits per heavy atom. The SMILES string of the molecule is O=C(CN1C(=O)N[C@H](Cc2ccccc2)C1=O)NC1CCCC1. The second-order valence-corrected chi connectivity index (χ2v) is 6.17. The third-order valence-corrected chi connectivity index (χ3v) is 4.41. The summed E-state index contributed by atoms with van der Waals surface area (Å²) >= 11 is 0. The largest absolute Gasteiger partial charge is 0.352 e. The van der Waals surface area contributed by atoms with Crippen LogP contribution in [0.1, 0.15) is 31.2 Å². The van der Waals surface area contributed by atoms with Gasteiger partial charge in [0, 0.05) is 12.5 Å². The van der Waals surface area contributed by atoms with E-state index in [0.717, 1.165) is 36.1 Å². The van der Waals surface area contributed by atoms with Crippen LogP contribution in [0.3, 0.4) is 0 Å². The van der Waals surface area contributed by atoms with Crippen LogP contribution in [0.25, 0.3) is 0 Å². The topological polar surface area (TPSA) is 78.5 Å². The lowest BCUT2D eigenvalue weighted by molar-refractivity contribution is -0.132. The highest BCUT2D eigenvalue weighted by Crippen LogP contribution is 2.18. The van der Waals surface area contributed by atoms with Crippen LogP contribution in [-0.4, -0.2) is 41.4 Å². The van der Waals surface area contributed by atoms with Crippen molar-refractivity contribution in [3.8, 4) is 0 Å². The van der Waals surface area contributed by atoms with E-state index in [1.807, 2.05) is 30.3 Å². The molecule has 0 radical (unpaired) electrons. The fourth-order valence-corrected chi connectivity index (χ4v) is 3.20. The van der Waals surface area contributed by atoms with E-state index in [4.69, 9.17) is 0 Å². The molecule has 3 rings (SSSR count). The van der Waals surface area contributed by atoms with Crippen molar-refractivity contribution in [3.05, 3.63) is 35.9 Å². The Kier molecular flexibility index (Phi) is 4.60. The van der Waals surface area contributed by atoms with Crippen LogP contribution in [0.5, 0.6) is 0 Å². The average molecular weight is 315 g/mol. The third-order valence-electron chi connectivity index (χ3n) is 4.41. The van der Waals surface area contributed by atoms with Crippen LogP contribution >= 0.6 is 0 Å². The molecule has 0 spiro atoms. The summed E-state index contributed by atoms with van der Waals surface area (Å²) in [6.45, 7) is -0.202. The van der Waals surface area contributed by atoms with Crippen LogP contribution in [0, 0.1) is 0 Å². The van der Waals surface area contributed by atoms with E-state index in [2.05, 4.69) is 10.6 Å². The van der Waals surface area contributed by atoms with Crippen molar-refractivity contribution in [3.63, 3.8) is 0 Å². The lowest BCUT2D eigenvalue weighted by atomic mass is 10.1. The summed E-state index contributed by atoms with van der Waals surface area (Å²) in [6.07, 6.45) is 4.62. The number of carbonyl (C=O) groups excluding carboxylic acids is 3. The van der Waals surface area contributed by atoms with Crippen LogP contribution < -0.4 is 10.6 Å². The van der Waals surface area contributed by atoms with Crippen molar-refractivity contribution < 1.29 is 14.4 Å². The maximum atomic E-state index is 12.4. The first-order valence-corrected chi connectivity index (χ1v) is 8.08. The summed E-state index contributed by atoms with van der Waals surface area (Å²) in [7, 11) is 0. The minimum atomic E-state index is -0.593. The van der Waals surface area contributed by atoms with Crippen molar-refractivity contribution in [2.75, 3.05) is 6.54 Å². The predicted molar refractivity (Wildman–Crippen MR) is 84.6 cm³/mol. The molecule has 1 saturated carbocycles. The Labute approximate surface area is 135 Å². The normalized spacial score (nSPS) is 21.6. The molecule has 0 aromatic heterocycles. The summed E-state index contributed by atoms with van der Waals surface area (Å²) in [6, 6.07) is 8.61. The van der Waals surface area contributed by atoms with Gasteiger partial charge in [0.2, 0.25) is 5.91 Å². The van der Waals surface area contributed by atoms with E-state index in [1.54, 1.807) is 0 Å². The van der Waals surface area contributed by atoms with Crippen LogP contribution in [0.2, 0.25) is 0 Å². The second kappa shape index (κ2) is 6.81. The lowest BCUT2D eigenvalue weighted by Crippen LogP contribution is -2.44. The molecule has 1 aromatic carbocycles. The van der Waals surface area contributed by atoms with E-state index in [0.29, 0.717) is 6.42 Å². The molecule has 1 aromatic rings. The van der Waals surface area contributed by atoms with Crippen molar-refractivity contribution in [1.82, 2.24) is 15.5 Å². The standard InChI is InChI=1S/C17H21N3O3/c21-15(18-13-8-4-5-9-13)11-20-16(22)14(19-17(20)23)10-12-6-2-1-3-7-12/h1-3,6-7,13-14H,4-5,8-11H2,(H,18,21)(H,19,23)/t14-/m1/s1. The summed E-state index contributed by atoms with van der Waals surface area (Å²) in [5.74, 6) is -0.596. The average Bonchev–Trinajstić information content (AvgIpc) is 3.13. The molecule has 2 aliphatic rings. The van der Waals surface area contributed by atoms with Crippen molar-refractivity contribution in [2.24, 2.45) is 0 Å². The number of benzene rings is 1. The zero-order valence-corrected chi connectivity index (χ0v) is 13.0. The second-order valence-electron chi connectivity index (χ2n) is 6.17. The molecule has 4 amide bonds. The van der Waals surface area contributed by atoms with Gasteiger partial charge >= 0.3 is 6.03 Å². The number of hydrogen-bond acceptors (Lipinski definition) is 3. The highest BCUT2D eigenvalue weighted by Gasteiger charge is 2.39. The van der Waals surface area contributed by atoms with Gasteiger partial charge in [0.15, 0.2) is 0 Å². The summed E-state index contributed by atoms with van der Waals surface area (Å²) < 4.78 is 0. The first-order valence-electron chi connectivity index (χ1n) is 8.08. The number of hydrogen-bond donors (Lipinski definition) is 2. The van der Waals surface area contributed by atoms with E-state index >= 15 is 0 Å². The smallest absolute Gasteiger partial charge is 0.325 e. The first kappa shape index (κ1) is 15.5. The molecule has 1 aliphatic carbocycles. The molecule has 23 heavy (non-hydrogen) atoms. The number of imide groups is 1. The minimum Gasteiger partial charge on any atom is -0.352 e. The number of urea groups is 1. The molecule has 1 saturated heterocycles. The molecule has 6 heteroatoms. The van der Waals surface area contributed by atoms with Gasteiger partial charge in [-0.2, -0.15) is 0 Å². The Morgan fingerprint density at radius 2 is 1.87 bits per heavy atom. The zero-order valence-electron chi connectivity index (χ0n) is 13.0. The summed E-state index contributed by atoms with van der Waals surface area (Å²) in [5.41, 5.74) is 0.975. The fourth-order valence-electron chi connectivity index (χ4n) is 3.20. The van der Waals surface area contributed by atoms with Crippen molar-refractivity contribution in [2.45, 2.75) is 44.2 Å². The maximum Gasteiger partial charge on any atom is 0.325 e. The number of rotatable bonds is 5. The van der Waals surface area contributed by atoms with E-state index in [9.17, 15) is 14.4 Å². The zero-order chi connectivity index (χ0) is 16.2. The first-order chi connectivity index (χ1) is 11.1. The van der Waals surface area contributed by atoms with Gasteiger partial charge in [0.05, 0.1) is 0 Å². The Balaban J connectivity index is 1.56. The summed E-state index contributed by atoms with van der Waals surface area (Å²) in [5, 5.41) is 5.56. The molecule has 1 heterocycles. The highest BCUT2D eigenvalue weighted by atomic mass is 16.2. The lowest BCUT2D eigenvalue weighted by Gasteiger charge is -2.16. The van der Waals surface area contributed by atoms with Gasteiger partial charge in [-0.15, -0.1) is 0 Å². The van der Waals surface area contributed by atoms with Gasteiger partial charge in [-0.3, -0.25) is 14.5 Å². The number of amides is 4. The minimum absolute atomic E-state index is 0.184. The third kappa shape index (κ3) is 3.70. The van der Waals surface area contributed by atoms with Crippen molar-refractivity contribution >= 4 is 17.8 Å². The van der Waals surface area contributed by atoms with E-state index < -0.39 is 12.1 Å². The molecular formula is C17H21N3O3. The molecular weight excluding hydrogens is 294 g/mol. The van der Waals surface area contributed by atoms with Gasteiger partial charge in [0.1, 0.15) is 12.6 Å². The fraction of sp³-hybridized carbons (Fsp3) is 0.471. The predicted octanol–water partition coefficient (Wildman–Crippen LogP) is 1.21. The van der Waals surface area contributed by atoms with Gasteiger partial charge in [-0.25, -0.2) is 4.79 Å². The Morgan fingerprint density at radius 3 is 2.57 bits per heavy atom. The molecule has 1 atom stereocenters. The van der Waals surface area contributed by atoms with Crippen molar-refractivity contribution in [1.29, 1.82) is 0 Å².